The first-order valence-electron chi connectivity index (χ1n) is 12.1. The summed E-state index contributed by atoms with van der Waals surface area (Å²) in [6.07, 6.45) is 0. The fourth-order valence-electron chi connectivity index (χ4n) is 5.75. The summed E-state index contributed by atoms with van der Waals surface area (Å²) < 4.78 is 0. The Kier molecular flexibility index (Phi) is 5.45. The quantitative estimate of drug-likeness (QED) is 0.372. The second-order valence-corrected chi connectivity index (χ2v) is 9.19. The van der Waals surface area contributed by atoms with Gasteiger partial charge in [-0.2, -0.15) is 0 Å². The van der Waals surface area contributed by atoms with Gasteiger partial charge in [-0.05, 0) is 35.4 Å². The van der Waals surface area contributed by atoms with Gasteiger partial charge in [0.15, 0.2) is 0 Å². The van der Waals surface area contributed by atoms with E-state index < -0.39 is 23.9 Å². The number of nitrogens with zero attached hydrogens (tertiary/aromatic N) is 2. The molecule has 0 radical (unpaired) electrons. The fraction of sp³-hybridized carbons (Fsp3) is 0.129. The first kappa shape index (κ1) is 22.0. The van der Waals surface area contributed by atoms with Gasteiger partial charge in [-0.15, -0.1) is 0 Å². The predicted molar refractivity (Wildman–Crippen MR) is 137 cm³/mol. The van der Waals surface area contributed by atoms with Crippen molar-refractivity contribution in [3.8, 4) is 0 Å². The summed E-state index contributed by atoms with van der Waals surface area (Å²) in [6.45, 7) is 0. The Hall–Kier alpha value is -4.51. The van der Waals surface area contributed by atoms with Gasteiger partial charge in [0.2, 0.25) is 11.8 Å². The standard InChI is InChI=1S/C31H24N2O3/c34-29(23-17-9-3-10-18-23)33-27(21-13-5-1-6-14-21)25-26(28(33)22-15-7-2-8-16-22)31(36)32(30(25)35)24-19-11-4-12-20-24/h1-20,25-28H/t25-,26+,27+,28-. The third kappa shape index (κ3) is 3.43. The highest BCUT2D eigenvalue weighted by molar-refractivity contribution is 6.23. The molecule has 2 fully saturated rings. The van der Waals surface area contributed by atoms with E-state index in [-0.39, 0.29) is 17.7 Å². The van der Waals surface area contributed by atoms with E-state index in [1.807, 2.05) is 97.1 Å². The van der Waals surface area contributed by atoms with Gasteiger partial charge in [-0.1, -0.05) is 97.1 Å². The lowest BCUT2D eigenvalue weighted by Crippen LogP contribution is -2.41. The molecule has 2 aliphatic heterocycles. The minimum Gasteiger partial charge on any atom is -0.323 e. The lowest BCUT2D eigenvalue weighted by molar-refractivity contribution is -0.123. The highest BCUT2D eigenvalue weighted by atomic mass is 16.2. The van der Waals surface area contributed by atoms with Crippen LogP contribution in [-0.4, -0.2) is 22.6 Å². The monoisotopic (exact) mass is 472 g/mol. The molecule has 4 aromatic rings. The van der Waals surface area contributed by atoms with E-state index in [0.29, 0.717) is 11.3 Å². The summed E-state index contributed by atoms with van der Waals surface area (Å²) in [7, 11) is 0. The van der Waals surface area contributed by atoms with Gasteiger partial charge in [0.1, 0.15) is 0 Å². The molecule has 0 aliphatic carbocycles. The van der Waals surface area contributed by atoms with Crippen LogP contribution in [0.1, 0.15) is 33.6 Å². The van der Waals surface area contributed by atoms with Crippen LogP contribution < -0.4 is 4.90 Å². The molecule has 0 N–H and O–H groups in total. The average molecular weight is 473 g/mol. The zero-order valence-corrected chi connectivity index (χ0v) is 19.5. The molecule has 176 valence electrons. The number of hydrogen-bond donors (Lipinski definition) is 0. The Bertz CT molecular complexity index is 1340. The zero-order valence-electron chi connectivity index (χ0n) is 19.5. The number of carbonyl (C=O) groups excluding carboxylic acids is 3. The van der Waals surface area contributed by atoms with Crippen molar-refractivity contribution in [1.82, 2.24) is 4.90 Å². The van der Waals surface area contributed by atoms with Gasteiger partial charge >= 0.3 is 0 Å². The third-order valence-electron chi connectivity index (χ3n) is 7.23. The van der Waals surface area contributed by atoms with Crippen LogP contribution in [0.3, 0.4) is 0 Å². The van der Waals surface area contributed by atoms with Crippen molar-refractivity contribution in [2.45, 2.75) is 12.1 Å². The van der Waals surface area contributed by atoms with Crippen molar-refractivity contribution in [2.75, 3.05) is 4.90 Å². The number of rotatable bonds is 4. The molecule has 3 amide bonds. The molecule has 2 aliphatic rings. The largest absolute Gasteiger partial charge is 0.323 e. The Morgan fingerprint density at radius 3 is 1.36 bits per heavy atom. The zero-order chi connectivity index (χ0) is 24.6. The van der Waals surface area contributed by atoms with E-state index in [9.17, 15) is 14.4 Å². The van der Waals surface area contributed by atoms with Crippen LogP contribution in [-0.2, 0) is 9.59 Å². The van der Waals surface area contributed by atoms with Crippen LogP contribution >= 0.6 is 0 Å². The first-order chi connectivity index (χ1) is 17.7. The Morgan fingerprint density at radius 1 is 0.528 bits per heavy atom. The number of likely N-dealkylation sites (tertiary alicyclic amines) is 1. The molecule has 0 spiro atoms. The minimum absolute atomic E-state index is 0.195. The first-order valence-corrected chi connectivity index (χ1v) is 12.1. The Balaban J connectivity index is 1.56. The second-order valence-electron chi connectivity index (χ2n) is 9.19. The molecule has 0 bridgehead atoms. The number of amides is 3. The number of fused-ring (bicyclic) bond motifs is 1. The van der Waals surface area contributed by atoms with Gasteiger partial charge in [-0.25, -0.2) is 4.90 Å². The lowest BCUT2D eigenvalue weighted by atomic mass is 9.84. The summed E-state index contributed by atoms with van der Waals surface area (Å²) >= 11 is 0. The summed E-state index contributed by atoms with van der Waals surface area (Å²) in [5, 5.41) is 0. The van der Waals surface area contributed by atoms with E-state index in [4.69, 9.17) is 0 Å². The SMILES string of the molecule is O=C1[C@@H]2[C@H](C(=O)N1c1ccccc1)[C@@H](c1ccccc1)N(C(=O)c1ccccc1)[C@H]2c1ccccc1. The molecule has 2 heterocycles. The third-order valence-corrected chi connectivity index (χ3v) is 7.23. The molecule has 2 saturated heterocycles. The molecule has 0 saturated carbocycles. The predicted octanol–water partition coefficient (Wildman–Crippen LogP) is 5.43. The smallest absolute Gasteiger partial charge is 0.254 e. The molecule has 5 nitrogen and oxygen atoms in total. The minimum atomic E-state index is -0.696. The highest BCUT2D eigenvalue weighted by Crippen LogP contribution is 2.56. The van der Waals surface area contributed by atoms with Crippen molar-refractivity contribution in [3.05, 3.63) is 138 Å². The van der Waals surface area contributed by atoms with Crippen LogP contribution in [0, 0.1) is 11.8 Å². The molecule has 6 rings (SSSR count). The molecule has 4 aromatic carbocycles. The van der Waals surface area contributed by atoms with Crippen LogP contribution in [0.5, 0.6) is 0 Å². The maximum absolute atomic E-state index is 14.1. The molecule has 4 atom stereocenters. The highest BCUT2D eigenvalue weighted by Gasteiger charge is 2.64. The van der Waals surface area contributed by atoms with Crippen LogP contribution in [0.25, 0.3) is 0 Å². The fourth-order valence-corrected chi connectivity index (χ4v) is 5.75. The number of anilines is 1. The van der Waals surface area contributed by atoms with Gasteiger partial charge in [0, 0.05) is 5.56 Å². The van der Waals surface area contributed by atoms with Crippen molar-refractivity contribution in [2.24, 2.45) is 11.8 Å². The number of carbonyl (C=O) groups is 3. The molecule has 0 unspecified atom stereocenters. The summed E-state index contributed by atoms with van der Waals surface area (Å²) in [6, 6.07) is 36.1. The van der Waals surface area contributed by atoms with E-state index in [2.05, 4.69) is 0 Å². The lowest BCUT2D eigenvalue weighted by Gasteiger charge is -2.34. The Morgan fingerprint density at radius 2 is 0.917 bits per heavy atom. The normalized spacial score (nSPS) is 23.1. The van der Waals surface area contributed by atoms with Gasteiger partial charge < -0.3 is 4.90 Å². The number of hydrogen-bond acceptors (Lipinski definition) is 3. The van der Waals surface area contributed by atoms with E-state index in [1.54, 1.807) is 29.2 Å². The molecule has 5 heteroatoms. The molecular formula is C31H24N2O3. The van der Waals surface area contributed by atoms with Crippen LogP contribution in [0.4, 0.5) is 5.69 Å². The van der Waals surface area contributed by atoms with Crippen LogP contribution in [0.2, 0.25) is 0 Å². The van der Waals surface area contributed by atoms with Gasteiger partial charge in [0.25, 0.3) is 5.91 Å². The summed E-state index contributed by atoms with van der Waals surface area (Å²) in [5.41, 5.74) is 2.76. The molecule has 36 heavy (non-hydrogen) atoms. The Labute approximate surface area is 209 Å². The second kappa shape index (κ2) is 8.93. The summed E-state index contributed by atoms with van der Waals surface area (Å²) in [4.78, 5) is 45.2. The maximum Gasteiger partial charge on any atom is 0.254 e. The molecule has 0 aromatic heterocycles. The van der Waals surface area contributed by atoms with E-state index in [1.165, 1.54) is 4.90 Å². The van der Waals surface area contributed by atoms with Crippen molar-refractivity contribution in [3.63, 3.8) is 0 Å². The van der Waals surface area contributed by atoms with Crippen molar-refractivity contribution in [1.29, 1.82) is 0 Å². The number of para-hydroxylation sites is 1. The number of benzene rings is 4. The summed E-state index contributed by atoms with van der Waals surface area (Å²) in [5.74, 6) is -2.13. The molecular weight excluding hydrogens is 448 g/mol. The van der Waals surface area contributed by atoms with E-state index >= 15 is 0 Å². The van der Waals surface area contributed by atoms with Gasteiger partial charge in [-0.3, -0.25) is 14.4 Å². The van der Waals surface area contributed by atoms with Crippen molar-refractivity contribution < 1.29 is 14.4 Å². The maximum atomic E-state index is 14.1. The number of imide groups is 1. The van der Waals surface area contributed by atoms with Crippen molar-refractivity contribution >= 4 is 23.4 Å². The average Bonchev–Trinajstić information content (AvgIpc) is 3.42. The van der Waals surface area contributed by atoms with Gasteiger partial charge in [0.05, 0.1) is 29.6 Å². The topological polar surface area (TPSA) is 57.7 Å². The van der Waals surface area contributed by atoms with E-state index in [0.717, 1.165) is 11.1 Å². The van der Waals surface area contributed by atoms with Crippen LogP contribution in [0.15, 0.2) is 121 Å².